The summed E-state index contributed by atoms with van der Waals surface area (Å²) >= 11 is 1.55. The predicted octanol–water partition coefficient (Wildman–Crippen LogP) is 1.07. The first-order valence-electron chi connectivity index (χ1n) is 4.04. The normalized spacial score (nSPS) is 10.3. The van der Waals surface area contributed by atoms with Crippen molar-refractivity contribution in [3.8, 4) is 0 Å². The Bertz CT molecular complexity index is 400. The highest BCUT2D eigenvalue weighted by Crippen LogP contribution is 2.20. The monoisotopic (exact) mass is 207 g/mol. The van der Waals surface area contributed by atoms with Crippen LogP contribution in [0.25, 0.3) is 0 Å². The SMILES string of the molecule is Nc1ncccc1CSc1ncn[nH]1. The van der Waals surface area contributed by atoms with Crippen LogP contribution in [-0.4, -0.2) is 20.2 Å². The standard InChI is InChI=1S/C8H9N5S/c9-7-6(2-1-3-10-7)4-14-8-11-5-12-13-8/h1-3,5H,4H2,(H2,9,10)(H,11,12,13). The van der Waals surface area contributed by atoms with E-state index in [0.717, 1.165) is 16.5 Å². The van der Waals surface area contributed by atoms with Gasteiger partial charge >= 0.3 is 0 Å². The fourth-order valence-corrected chi connectivity index (χ4v) is 1.76. The fraction of sp³-hybridized carbons (Fsp3) is 0.125. The molecule has 0 saturated carbocycles. The lowest BCUT2D eigenvalue weighted by atomic mass is 10.3. The van der Waals surface area contributed by atoms with Gasteiger partial charge in [0, 0.05) is 17.5 Å². The molecular weight excluding hydrogens is 198 g/mol. The number of thioether (sulfide) groups is 1. The molecule has 0 bridgehead atoms. The Balaban J connectivity index is 2.02. The second-order valence-corrected chi connectivity index (χ2v) is 3.59. The van der Waals surface area contributed by atoms with Crippen molar-refractivity contribution in [2.24, 2.45) is 0 Å². The Kier molecular flexibility index (Phi) is 2.64. The number of nitrogen functional groups attached to an aromatic ring is 1. The highest BCUT2D eigenvalue weighted by atomic mass is 32.2. The third-order valence-corrected chi connectivity index (χ3v) is 2.61. The van der Waals surface area contributed by atoms with Gasteiger partial charge in [0.1, 0.15) is 12.1 Å². The van der Waals surface area contributed by atoms with Crippen molar-refractivity contribution in [3.05, 3.63) is 30.2 Å². The van der Waals surface area contributed by atoms with Crippen LogP contribution in [0.5, 0.6) is 0 Å². The van der Waals surface area contributed by atoms with Crippen molar-refractivity contribution < 1.29 is 0 Å². The molecule has 0 unspecified atom stereocenters. The molecule has 3 N–H and O–H groups in total. The van der Waals surface area contributed by atoms with Crippen LogP contribution >= 0.6 is 11.8 Å². The van der Waals surface area contributed by atoms with Crippen molar-refractivity contribution in [2.75, 3.05) is 5.73 Å². The highest BCUT2D eigenvalue weighted by Gasteiger charge is 2.01. The van der Waals surface area contributed by atoms with E-state index < -0.39 is 0 Å². The first kappa shape index (κ1) is 9.01. The quantitative estimate of drug-likeness (QED) is 0.736. The van der Waals surface area contributed by atoms with Crippen LogP contribution in [0, 0.1) is 0 Å². The van der Waals surface area contributed by atoms with Gasteiger partial charge in [-0.3, -0.25) is 5.10 Å². The maximum atomic E-state index is 5.69. The van der Waals surface area contributed by atoms with E-state index in [1.165, 1.54) is 6.33 Å². The molecule has 0 aromatic carbocycles. The molecule has 0 amide bonds. The molecule has 0 spiro atoms. The number of nitrogens with one attached hydrogen (secondary N) is 1. The van der Waals surface area contributed by atoms with Crippen molar-refractivity contribution in [1.82, 2.24) is 20.2 Å². The van der Waals surface area contributed by atoms with Crippen molar-refractivity contribution in [3.63, 3.8) is 0 Å². The van der Waals surface area contributed by atoms with Crippen molar-refractivity contribution in [1.29, 1.82) is 0 Å². The molecule has 14 heavy (non-hydrogen) atoms. The summed E-state index contributed by atoms with van der Waals surface area (Å²) in [7, 11) is 0. The number of nitrogens with zero attached hydrogens (tertiary/aromatic N) is 3. The fourth-order valence-electron chi connectivity index (χ4n) is 0.983. The lowest BCUT2D eigenvalue weighted by molar-refractivity contribution is 0.972. The Hall–Kier alpha value is -1.56. The number of rotatable bonds is 3. The van der Waals surface area contributed by atoms with Gasteiger partial charge in [-0.05, 0) is 6.07 Å². The number of aromatic amines is 1. The largest absolute Gasteiger partial charge is 0.383 e. The molecular formula is C8H9N5S. The predicted molar refractivity (Wildman–Crippen MR) is 54.6 cm³/mol. The zero-order valence-corrected chi connectivity index (χ0v) is 8.16. The Morgan fingerprint density at radius 3 is 3.07 bits per heavy atom. The Morgan fingerprint density at radius 1 is 1.43 bits per heavy atom. The maximum Gasteiger partial charge on any atom is 0.183 e. The molecule has 2 heterocycles. The van der Waals surface area contributed by atoms with Crippen molar-refractivity contribution >= 4 is 17.6 Å². The minimum Gasteiger partial charge on any atom is -0.383 e. The first-order valence-corrected chi connectivity index (χ1v) is 5.02. The topological polar surface area (TPSA) is 80.5 Å². The number of hydrogen-bond donors (Lipinski definition) is 2. The van der Waals surface area contributed by atoms with Gasteiger partial charge < -0.3 is 5.73 Å². The van der Waals surface area contributed by atoms with Gasteiger partial charge in [-0.15, -0.1) is 0 Å². The van der Waals surface area contributed by atoms with Crippen LogP contribution in [0.15, 0.2) is 29.8 Å². The van der Waals surface area contributed by atoms with Gasteiger partial charge in [-0.1, -0.05) is 17.8 Å². The summed E-state index contributed by atoms with van der Waals surface area (Å²) in [5.41, 5.74) is 6.70. The number of anilines is 1. The molecule has 0 aliphatic heterocycles. The van der Waals surface area contributed by atoms with E-state index in [2.05, 4.69) is 20.2 Å². The lowest BCUT2D eigenvalue weighted by Gasteiger charge is -2.01. The summed E-state index contributed by atoms with van der Waals surface area (Å²) in [6, 6.07) is 3.82. The summed E-state index contributed by atoms with van der Waals surface area (Å²) in [6.07, 6.45) is 3.16. The first-order chi connectivity index (χ1) is 6.86. The van der Waals surface area contributed by atoms with Crippen LogP contribution in [0.4, 0.5) is 5.82 Å². The van der Waals surface area contributed by atoms with Crippen LogP contribution < -0.4 is 5.73 Å². The van der Waals surface area contributed by atoms with E-state index >= 15 is 0 Å². The summed E-state index contributed by atoms with van der Waals surface area (Å²) in [6.45, 7) is 0. The van der Waals surface area contributed by atoms with E-state index in [1.54, 1.807) is 18.0 Å². The third kappa shape index (κ3) is 2.02. The summed E-state index contributed by atoms with van der Waals surface area (Å²) < 4.78 is 0. The van der Waals surface area contributed by atoms with E-state index in [0.29, 0.717) is 5.82 Å². The molecule has 0 aliphatic rings. The number of nitrogens with two attached hydrogens (primary N) is 1. The number of aromatic nitrogens is 4. The van der Waals surface area contributed by atoms with Crippen LogP contribution in [0.3, 0.4) is 0 Å². The molecule has 5 nitrogen and oxygen atoms in total. The third-order valence-electron chi connectivity index (χ3n) is 1.68. The number of pyridine rings is 1. The molecule has 0 aliphatic carbocycles. The van der Waals surface area contributed by atoms with Gasteiger partial charge in [0.2, 0.25) is 0 Å². The lowest BCUT2D eigenvalue weighted by Crippen LogP contribution is -1.95. The summed E-state index contributed by atoms with van der Waals surface area (Å²) in [5, 5.41) is 7.31. The highest BCUT2D eigenvalue weighted by molar-refractivity contribution is 7.98. The molecule has 0 fully saturated rings. The zero-order chi connectivity index (χ0) is 9.80. The molecule has 2 rings (SSSR count). The summed E-state index contributed by atoms with van der Waals surface area (Å²) in [5.74, 6) is 1.31. The van der Waals surface area contributed by atoms with Crippen LogP contribution in [0.1, 0.15) is 5.56 Å². The smallest absolute Gasteiger partial charge is 0.183 e. The van der Waals surface area contributed by atoms with Gasteiger partial charge in [-0.2, -0.15) is 5.10 Å². The Morgan fingerprint density at radius 2 is 2.36 bits per heavy atom. The van der Waals surface area contributed by atoms with Crippen LogP contribution in [-0.2, 0) is 5.75 Å². The number of hydrogen-bond acceptors (Lipinski definition) is 5. The molecule has 2 aromatic rings. The number of H-pyrrole nitrogens is 1. The minimum atomic E-state index is 0.569. The average Bonchev–Trinajstić information content (AvgIpc) is 2.69. The second kappa shape index (κ2) is 4.10. The molecule has 72 valence electrons. The van der Waals surface area contributed by atoms with Gasteiger partial charge in [0.15, 0.2) is 5.16 Å². The van der Waals surface area contributed by atoms with E-state index in [1.807, 2.05) is 12.1 Å². The molecule has 0 saturated heterocycles. The van der Waals surface area contributed by atoms with E-state index in [4.69, 9.17) is 5.73 Å². The maximum absolute atomic E-state index is 5.69. The van der Waals surface area contributed by atoms with Gasteiger partial charge in [0.25, 0.3) is 0 Å². The molecule has 0 radical (unpaired) electrons. The van der Waals surface area contributed by atoms with Crippen molar-refractivity contribution in [2.45, 2.75) is 10.9 Å². The molecule has 0 atom stereocenters. The van der Waals surface area contributed by atoms with E-state index in [9.17, 15) is 0 Å². The minimum absolute atomic E-state index is 0.569. The summed E-state index contributed by atoms with van der Waals surface area (Å²) in [4.78, 5) is 7.99. The molecule has 2 aromatic heterocycles. The average molecular weight is 207 g/mol. The van der Waals surface area contributed by atoms with Gasteiger partial charge in [-0.25, -0.2) is 9.97 Å². The van der Waals surface area contributed by atoms with Gasteiger partial charge in [0.05, 0.1) is 0 Å². The van der Waals surface area contributed by atoms with E-state index in [-0.39, 0.29) is 0 Å². The second-order valence-electron chi connectivity index (χ2n) is 2.63. The Labute approximate surface area is 85.2 Å². The van der Waals surface area contributed by atoms with Crippen LogP contribution in [0.2, 0.25) is 0 Å². The molecule has 6 heteroatoms. The zero-order valence-electron chi connectivity index (χ0n) is 7.34.